The Kier molecular flexibility index (Phi) is 6.73. The van der Waals surface area contributed by atoms with Gasteiger partial charge in [0.15, 0.2) is 6.10 Å². The molecule has 26 heavy (non-hydrogen) atoms. The van der Waals surface area contributed by atoms with Crippen LogP contribution in [0.1, 0.15) is 35.7 Å². The van der Waals surface area contributed by atoms with Gasteiger partial charge in [-0.2, -0.15) is 8.78 Å². The second-order valence-electron chi connectivity index (χ2n) is 5.35. The van der Waals surface area contributed by atoms with E-state index in [-0.39, 0.29) is 5.56 Å². The number of rotatable bonds is 7. The first kappa shape index (κ1) is 19.9. The van der Waals surface area contributed by atoms with Gasteiger partial charge in [-0.25, -0.2) is 4.79 Å². The van der Waals surface area contributed by atoms with Crippen molar-refractivity contribution in [3.05, 3.63) is 41.3 Å². The van der Waals surface area contributed by atoms with E-state index in [4.69, 9.17) is 9.26 Å². The molecule has 1 N–H and O–H groups in total. The van der Waals surface area contributed by atoms with Crippen molar-refractivity contribution in [1.82, 2.24) is 5.16 Å². The van der Waals surface area contributed by atoms with Gasteiger partial charge < -0.3 is 14.6 Å². The highest BCUT2D eigenvalue weighted by Crippen LogP contribution is 2.26. The largest absolute Gasteiger partial charge is 0.449 e. The van der Waals surface area contributed by atoms with Crippen LogP contribution < -0.4 is 5.32 Å². The zero-order valence-electron chi connectivity index (χ0n) is 14.4. The Morgan fingerprint density at radius 2 is 1.96 bits per heavy atom. The van der Waals surface area contributed by atoms with E-state index in [2.05, 4.69) is 10.5 Å². The van der Waals surface area contributed by atoms with Crippen molar-refractivity contribution in [2.45, 2.75) is 43.9 Å². The van der Waals surface area contributed by atoms with Crippen molar-refractivity contribution in [3.63, 3.8) is 0 Å². The van der Waals surface area contributed by atoms with Crippen molar-refractivity contribution >= 4 is 29.3 Å². The summed E-state index contributed by atoms with van der Waals surface area (Å²) in [5.74, 6) is -3.41. The summed E-state index contributed by atoms with van der Waals surface area (Å²) in [4.78, 5) is 24.8. The van der Waals surface area contributed by atoms with Crippen molar-refractivity contribution in [2.24, 2.45) is 0 Å². The highest BCUT2D eigenvalue weighted by molar-refractivity contribution is 7.99. The summed E-state index contributed by atoms with van der Waals surface area (Å²) in [6.45, 7) is 4.84. The topological polar surface area (TPSA) is 81.4 Å². The number of thioether (sulfide) groups is 1. The first-order valence-electron chi connectivity index (χ1n) is 7.83. The second-order valence-corrected chi connectivity index (χ2v) is 6.42. The predicted octanol–water partition coefficient (Wildman–Crippen LogP) is 4.04. The average Bonchev–Trinajstić information content (AvgIpc) is 2.96. The first-order valence-corrected chi connectivity index (χ1v) is 8.71. The molecule has 0 saturated carbocycles. The molecule has 0 radical (unpaired) electrons. The van der Waals surface area contributed by atoms with E-state index in [0.717, 1.165) is 0 Å². The molecular formula is C17H18F2N2O4S. The van der Waals surface area contributed by atoms with E-state index in [1.54, 1.807) is 6.92 Å². The van der Waals surface area contributed by atoms with Crippen molar-refractivity contribution in [2.75, 3.05) is 5.32 Å². The zero-order valence-corrected chi connectivity index (χ0v) is 15.2. The molecule has 0 aliphatic rings. The van der Waals surface area contributed by atoms with Gasteiger partial charge in [0.05, 0.1) is 5.69 Å². The van der Waals surface area contributed by atoms with Crippen molar-refractivity contribution in [1.29, 1.82) is 0 Å². The summed E-state index contributed by atoms with van der Waals surface area (Å²) in [6, 6.07) is 5.93. The predicted molar refractivity (Wildman–Crippen MR) is 92.4 cm³/mol. The number of esters is 1. The molecule has 140 valence electrons. The molecule has 0 unspecified atom stereocenters. The van der Waals surface area contributed by atoms with Crippen LogP contribution in [0.2, 0.25) is 0 Å². The maximum absolute atomic E-state index is 12.3. The molecule has 1 atom stereocenters. The molecule has 2 rings (SSSR count). The Morgan fingerprint density at radius 3 is 2.54 bits per heavy atom. The minimum absolute atomic E-state index is 0.223. The molecule has 1 heterocycles. The van der Waals surface area contributed by atoms with Gasteiger partial charge in [-0.15, -0.1) is 0 Å². The van der Waals surface area contributed by atoms with E-state index in [1.165, 1.54) is 31.2 Å². The Hall–Kier alpha value is -2.42. The number of nitrogens with one attached hydrogen (secondary N) is 1. The lowest BCUT2D eigenvalue weighted by atomic mass is 10.1. The highest BCUT2D eigenvalue weighted by atomic mass is 32.2. The second kappa shape index (κ2) is 8.79. The Morgan fingerprint density at radius 1 is 1.31 bits per heavy atom. The normalized spacial score (nSPS) is 12.1. The van der Waals surface area contributed by atoms with E-state index in [0.29, 0.717) is 40.2 Å². The third kappa shape index (κ3) is 5.04. The lowest BCUT2D eigenvalue weighted by molar-refractivity contribution is -0.123. The number of aromatic nitrogens is 1. The fraction of sp³-hybridized carbons (Fsp3) is 0.353. The van der Waals surface area contributed by atoms with E-state index in [1.807, 2.05) is 6.92 Å². The summed E-state index contributed by atoms with van der Waals surface area (Å²) in [5, 5.41) is 6.34. The van der Waals surface area contributed by atoms with Gasteiger partial charge in [-0.1, -0.05) is 23.8 Å². The summed E-state index contributed by atoms with van der Waals surface area (Å²) >= 11 is 0.414. The highest BCUT2D eigenvalue weighted by Gasteiger charge is 2.25. The van der Waals surface area contributed by atoms with Gasteiger partial charge in [0.2, 0.25) is 0 Å². The molecule has 2 aromatic rings. The van der Waals surface area contributed by atoms with E-state index in [9.17, 15) is 18.4 Å². The van der Waals surface area contributed by atoms with Gasteiger partial charge in [0.1, 0.15) is 11.3 Å². The van der Waals surface area contributed by atoms with Crippen LogP contribution in [0.25, 0.3) is 0 Å². The first-order chi connectivity index (χ1) is 12.3. The summed E-state index contributed by atoms with van der Waals surface area (Å²) in [5.41, 5.74) is 1.10. The van der Waals surface area contributed by atoms with Crippen molar-refractivity contribution in [3.8, 4) is 0 Å². The number of carbonyl (C=O) groups excluding carboxylic acids is 2. The smallest absolute Gasteiger partial charge is 0.344 e. The molecule has 0 spiro atoms. The number of halogens is 2. The number of benzene rings is 1. The molecule has 9 heteroatoms. The third-order valence-electron chi connectivity index (χ3n) is 3.47. The lowest BCUT2D eigenvalue weighted by Gasteiger charge is -2.13. The Bertz CT molecular complexity index is 778. The maximum atomic E-state index is 12.3. The van der Waals surface area contributed by atoms with Gasteiger partial charge in [-0.05, 0) is 44.5 Å². The van der Waals surface area contributed by atoms with Gasteiger partial charge >= 0.3 is 5.97 Å². The van der Waals surface area contributed by atoms with Crippen LogP contribution in [0.15, 0.2) is 33.7 Å². The molecule has 0 saturated heterocycles. The zero-order chi connectivity index (χ0) is 19.3. The SMILES string of the molecule is CCc1noc(C)c1C(=O)O[C@@H](C)C(=O)Nc1ccc(SC(F)F)cc1. The number of anilines is 1. The van der Waals surface area contributed by atoms with Crippen LogP contribution in [0.3, 0.4) is 0 Å². The van der Waals surface area contributed by atoms with Gasteiger partial charge in [0.25, 0.3) is 11.7 Å². The maximum Gasteiger partial charge on any atom is 0.344 e. The Labute approximate surface area is 153 Å². The molecule has 6 nitrogen and oxygen atoms in total. The third-order valence-corrected chi connectivity index (χ3v) is 4.19. The summed E-state index contributed by atoms with van der Waals surface area (Å²) < 4.78 is 34.7. The number of hydrogen-bond acceptors (Lipinski definition) is 6. The average molecular weight is 384 g/mol. The number of carbonyl (C=O) groups is 2. The number of hydrogen-bond donors (Lipinski definition) is 1. The van der Waals surface area contributed by atoms with Gasteiger partial charge in [0, 0.05) is 10.6 Å². The summed E-state index contributed by atoms with van der Waals surface area (Å²) in [6.07, 6.45) is -0.567. The number of ether oxygens (including phenoxy) is 1. The number of nitrogens with zero attached hydrogens (tertiary/aromatic N) is 1. The molecule has 0 aliphatic heterocycles. The number of aryl methyl sites for hydroxylation is 2. The van der Waals surface area contributed by atoms with Crippen LogP contribution in [-0.4, -0.2) is 28.9 Å². The van der Waals surface area contributed by atoms with Crippen LogP contribution in [0.5, 0.6) is 0 Å². The minimum Gasteiger partial charge on any atom is -0.449 e. The van der Waals surface area contributed by atoms with Crippen LogP contribution >= 0.6 is 11.8 Å². The van der Waals surface area contributed by atoms with Crippen LogP contribution in [0.4, 0.5) is 14.5 Å². The van der Waals surface area contributed by atoms with E-state index >= 15 is 0 Å². The fourth-order valence-electron chi connectivity index (χ4n) is 2.16. The molecule has 0 aliphatic carbocycles. The van der Waals surface area contributed by atoms with Crippen molar-refractivity contribution < 1.29 is 27.6 Å². The standard InChI is InChI=1S/C17H18F2N2O4S/c1-4-13-14(9(2)25-21-13)16(23)24-10(3)15(22)20-11-5-7-12(8-6-11)26-17(18)19/h5-8,10,17H,4H2,1-3H3,(H,20,22)/t10-/m0/s1. The fourth-order valence-corrected chi connectivity index (χ4v) is 2.66. The van der Waals surface area contributed by atoms with Gasteiger partial charge in [-0.3, -0.25) is 4.79 Å². The number of amides is 1. The van der Waals surface area contributed by atoms with Crippen LogP contribution in [0, 0.1) is 6.92 Å². The molecule has 1 amide bonds. The summed E-state index contributed by atoms with van der Waals surface area (Å²) in [7, 11) is 0. The quantitative estimate of drug-likeness (QED) is 0.573. The van der Waals surface area contributed by atoms with Crippen LogP contribution in [-0.2, 0) is 16.0 Å². The molecule has 0 fully saturated rings. The molecule has 1 aromatic heterocycles. The van der Waals surface area contributed by atoms with E-state index < -0.39 is 23.7 Å². The number of alkyl halides is 2. The lowest BCUT2D eigenvalue weighted by Crippen LogP contribution is -2.30. The molecule has 1 aromatic carbocycles. The monoisotopic (exact) mass is 384 g/mol. The Balaban J connectivity index is 1.97. The minimum atomic E-state index is -2.51. The molecular weight excluding hydrogens is 366 g/mol. The molecule has 0 bridgehead atoms.